The number of nitrogens with zero attached hydrogens (tertiary/aromatic N) is 3. The lowest BCUT2D eigenvalue weighted by Gasteiger charge is -2.21. The van der Waals surface area contributed by atoms with Gasteiger partial charge >= 0.3 is 0 Å². The summed E-state index contributed by atoms with van der Waals surface area (Å²) >= 11 is 0. The van der Waals surface area contributed by atoms with Gasteiger partial charge in [0.05, 0.1) is 12.2 Å². The summed E-state index contributed by atoms with van der Waals surface area (Å²) in [5, 5.41) is 4.30. The zero-order valence-corrected chi connectivity index (χ0v) is 11.5. The van der Waals surface area contributed by atoms with Crippen LogP contribution >= 0.6 is 0 Å². The van der Waals surface area contributed by atoms with Gasteiger partial charge in [-0.15, -0.1) is 0 Å². The Kier molecular flexibility index (Phi) is 5.07. The maximum absolute atomic E-state index is 12.5. The quantitative estimate of drug-likeness (QED) is 0.847. The number of halogens is 2. The first-order chi connectivity index (χ1) is 8.36. The highest BCUT2D eigenvalue weighted by molar-refractivity contribution is 5.50. The van der Waals surface area contributed by atoms with E-state index < -0.39 is 6.43 Å². The van der Waals surface area contributed by atoms with Gasteiger partial charge in [-0.05, 0) is 19.8 Å². The standard InChI is InChI=1S/C12H22F2N4/c1-5-9(15)6-10-8(2)16-18(4)12(10)17(3)7-11(13)14/h9,11H,5-7,15H2,1-4H3. The lowest BCUT2D eigenvalue weighted by molar-refractivity contribution is 0.156. The largest absolute Gasteiger partial charge is 0.354 e. The summed E-state index contributed by atoms with van der Waals surface area (Å²) in [7, 11) is 3.43. The lowest BCUT2D eigenvalue weighted by atomic mass is 10.0. The van der Waals surface area contributed by atoms with E-state index in [1.54, 1.807) is 23.7 Å². The van der Waals surface area contributed by atoms with Gasteiger partial charge in [0.25, 0.3) is 6.43 Å². The molecule has 18 heavy (non-hydrogen) atoms. The van der Waals surface area contributed by atoms with Crippen LogP contribution in [0.2, 0.25) is 0 Å². The van der Waals surface area contributed by atoms with Crippen LogP contribution in [-0.4, -0.2) is 35.8 Å². The Morgan fingerprint density at radius 2 is 2.06 bits per heavy atom. The molecule has 0 spiro atoms. The third kappa shape index (κ3) is 3.41. The van der Waals surface area contributed by atoms with E-state index in [0.717, 1.165) is 23.5 Å². The summed E-state index contributed by atoms with van der Waals surface area (Å²) in [4.78, 5) is 1.54. The molecule has 0 aliphatic rings. The van der Waals surface area contributed by atoms with Crippen LogP contribution in [0.3, 0.4) is 0 Å². The molecule has 0 saturated heterocycles. The van der Waals surface area contributed by atoms with E-state index in [-0.39, 0.29) is 12.6 Å². The number of hydrogen-bond acceptors (Lipinski definition) is 3. The van der Waals surface area contributed by atoms with Crippen LogP contribution in [0.1, 0.15) is 24.6 Å². The highest BCUT2D eigenvalue weighted by atomic mass is 19.3. The van der Waals surface area contributed by atoms with Crippen molar-refractivity contribution in [3.63, 3.8) is 0 Å². The Morgan fingerprint density at radius 1 is 1.44 bits per heavy atom. The zero-order chi connectivity index (χ0) is 13.9. The topological polar surface area (TPSA) is 47.1 Å². The first-order valence-corrected chi connectivity index (χ1v) is 6.14. The maximum atomic E-state index is 12.5. The Labute approximate surface area is 107 Å². The van der Waals surface area contributed by atoms with E-state index in [0.29, 0.717) is 6.42 Å². The van der Waals surface area contributed by atoms with Crippen LogP contribution in [0, 0.1) is 6.92 Å². The summed E-state index contributed by atoms with van der Waals surface area (Å²) < 4.78 is 26.6. The van der Waals surface area contributed by atoms with E-state index in [1.165, 1.54) is 0 Å². The van der Waals surface area contributed by atoms with Crippen molar-refractivity contribution >= 4 is 5.82 Å². The molecule has 1 heterocycles. The first kappa shape index (κ1) is 14.9. The normalized spacial score (nSPS) is 13.1. The average molecular weight is 260 g/mol. The van der Waals surface area contributed by atoms with Gasteiger partial charge in [-0.2, -0.15) is 5.10 Å². The molecule has 0 aromatic carbocycles. The van der Waals surface area contributed by atoms with Gasteiger partial charge in [0.15, 0.2) is 0 Å². The van der Waals surface area contributed by atoms with Crippen LogP contribution in [-0.2, 0) is 13.5 Å². The van der Waals surface area contributed by atoms with Gasteiger partial charge < -0.3 is 10.6 Å². The second kappa shape index (κ2) is 6.13. The SMILES string of the molecule is CCC(N)Cc1c(C)nn(C)c1N(C)CC(F)F. The molecule has 1 aromatic heterocycles. The van der Waals surface area contributed by atoms with E-state index >= 15 is 0 Å². The van der Waals surface area contributed by atoms with E-state index in [1.807, 2.05) is 13.8 Å². The van der Waals surface area contributed by atoms with Crippen molar-refractivity contribution in [2.24, 2.45) is 12.8 Å². The summed E-state index contributed by atoms with van der Waals surface area (Å²) in [6.07, 6.45) is -0.844. The summed E-state index contributed by atoms with van der Waals surface area (Å²) in [6.45, 7) is 3.60. The number of aromatic nitrogens is 2. The molecule has 0 aliphatic carbocycles. The molecular weight excluding hydrogens is 238 g/mol. The molecule has 104 valence electrons. The lowest BCUT2D eigenvalue weighted by Crippen LogP contribution is -2.28. The van der Waals surface area contributed by atoms with E-state index in [2.05, 4.69) is 5.10 Å². The van der Waals surface area contributed by atoms with Gasteiger partial charge in [0.1, 0.15) is 5.82 Å². The van der Waals surface area contributed by atoms with Crippen LogP contribution in [0.25, 0.3) is 0 Å². The summed E-state index contributed by atoms with van der Waals surface area (Å²) in [6, 6.07) is 0.0339. The fourth-order valence-corrected chi connectivity index (χ4v) is 2.11. The Balaban J connectivity index is 3.01. The third-order valence-corrected chi connectivity index (χ3v) is 3.08. The monoisotopic (exact) mass is 260 g/mol. The van der Waals surface area contributed by atoms with Crippen LogP contribution in [0.4, 0.5) is 14.6 Å². The van der Waals surface area contributed by atoms with Crippen molar-refractivity contribution in [2.75, 3.05) is 18.5 Å². The molecule has 4 nitrogen and oxygen atoms in total. The van der Waals surface area contributed by atoms with Crippen molar-refractivity contribution < 1.29 is 8.78 Å². The molecule has 1 rings (SSSR count). The number of anilines is 1. The van der Waals surface area contributed by atoms with Gasteiger partial charge in [-0.25, -0.2) is 8.78 Å². The van der Waals surface area contributed by atoms with Gasteiger partial charge in [0.2, 0.25) is 0 Å². The number of hydrogen-bond donors (Lipinski definition) is 1. The van der Waals surface area contributed by atoms with Crippen LogP contribution in [0.5, 0.6) is 0 Å². The third-order valence-electron chi connectivity index (χ3n) is 3.08. The van der Waals surface area contributed by atoms with Crippen LogP contribution in [0.15, 0.2) is 0 Å². The summed E-state index contributed by atoms with van der Waals surface area (Å²) in [5.41, 5.74) is 7.78. The molecule has 0 amide bonds. The van der Waals surface area contributed by atoms with Crippen LogP contribution < -0.4 is 10.6 Å². The second-order valence-corrected chi connectivity index (χ2v) is 4.66. The van der Waals surface area contributed by atoms with Crippen molar-refractivity contribution in [3.05, 3.63) is 11.3 Å². The van der Waals surface area contributed by atoms with Crippen molar-refractivity contribution in [1.29, 1.82) is 0 Å². The molecule has 0 saturated carbocycles. The zero-order valence-electron chi connectivity index (χ0n) is 11.5. The molecular formula is C12H22F2N4. The average Bonchev–Trinajstić information content (AvgIpc) is 2.52. The van der Waals surface area contributed by atoms with Gasteiger partial charge in [-0.3, -0.25) is 4.68 Å². The predicted octanol–water partition coefficient (Wildman–Crippen LogP) is 1.71. The fraction of sp³-hybridized carbons (Fsp3) is 0.750. The number of nitrogens with two attached hydrogens (primary N) is 1. The van der Waals surface area contributed by atoms with Gasteiger partial charge in [0, 0.05) is 25.7 Å². The fourth-order valence-electron chi connectivity index (χ4n) is 2.11. The minimum absolute atomic E-state index is 0.0339. The minimum atomic E-state index is -2.36. The smallest absolute Gasteiger partial charge is 0.255 e. The van der Waals surface area contributed by atoms with Gasteiger partial charge in [-0.1, -0.05) is 6.92 Å². The van der Waals surface area contributed by atoms with E-state index in [9.17, 15) is 8.78 Å². The maximum Gasteiger partial charge on any atom is 0.255 e. The van der Waals surface area contributed by atoms with E-state index in [4.69, 9.17) is 5.73 Å². The number of aryl methyl sites for hydroxylation is 2. The predicted molar refractivity (Wildman–Crippen MR) is 69.2 cm³/mol. The minimum Gasteiger partial charge on any atom is -0.354 e. The molecule has 2 N–H and O–H groups in total. The molecule has 0 fully saturated rings. The molecule has 1 unspecified atom stereocenters. The Bertz CT molecular complexity index is 390. The molecule has 1 atom stereocenters. The molecule has 0 bridgehead atoms. The highest BCUT2D eigenvalue weighted by Crippen LogP contribution is 2.24. The number of rotatable bonds is 6. The Hall–Kier alpha value is -1.17. The molecule has 6 heteroatoms. The first-order valence-electron chi connectivity index (χ1n) is 6.14. The van der Waals surface area contributed by atoms with Crippen molar-refractivity contribution in [3.8, 4) is 0 Å². The Morgan fingerprint density at radius 3 is 2.56 bits per heavy atom. The van der Waals surface area contributed by atoms with Crippen molar-refractivity contribution in [1.82, 2.24) is 9.78 Å². The molecule has 1 aromatic rings. The van der Waals surface area contributed by atoms with Crippen molar-refractivity contribution in [2.45, 2.75) is 39.2 Å². The second-order valence-electron chi connectivity index (χ2n) is 4.66. The summed E-state index contributed by atoms with van der Waals surface area (Å²) in [5.74, 6) is 0.733. The molecule has 0 radical (unpaired) electrons. The highest BCUT2D eigenvalue weighted by Gasteiger charge is 2.20. The number of alkyl halides is 2. The molecule has 0 aliphatic heterocycles.